The third kappa shape index (κ3) is 11.2. The SMILES string of the molecule is CCCN(CC)C(=O)c1ccc(O)c(OC)c1.CN.COC1=CCC(C2=NOC(c3cc(OC)c(OC)c(OC)c3)C2)=CC=C1O[CH2][Sn][CH3]. The molecule has 2 aromatic rings. The second-order valence-corrected chi connectivity index (χ2v) is 13.3. The topological polar surface area (TPSA) is 144 Å². The Labute approximate surface area is 300 Å². The van der Waals surface area contributed by atoms with Gasteiger partial charge in [-0.15, -0.1) is 0 Å². The summed E-state index contributed by atoms with van der Waals surface area (Å²) in [6, 6.07) is 8.45. The van der Waals surface area contributed by atoms with E-state index in [0.717, 1.165) is 46.0 Å². The molecule has 0 saturated carbocycles. The Hall–Kier alpha value is -4.04. The molecule has 1 unspecified atom stereocenters. The van der Waals surface area contributed by atoms with Crippen molar-refractivity contribution in [3.8, 4) is 28.7 Å². The quantitative estimate of drug-likeness (QED) is 0.224. The predicted octanol–water partition coefficient (Wildman–Crippen LogP) is 5.85. The Morgan fingerprint density at radius 1 is 0.959 bits per heavy atom. The molecule has 0 bridgehead atoms. The third-order valence-corrected chi connectivity index (χ3v) is 8.70. The average molecular weight is 789 g/mol. The summed E-state index contributed by atoms with van der Waals surface area (Å²) in [4.78, 5) is 21.9. The first-order valence-electron chi connectivity index (χ1n) is 16.0. The number of rotatable bonds is 14. The van der Waals surface area contributed by atoms with Gasteiger partial charge in [0.2, 0.25) is 5.75 Å². The predicted molar refractivity (Wildman–Crippen MR) is 192 cm³/mol. The van der Waals surface area contributed by atoms with Crippen molar-refractivity contribution >= 4 is 32.8 Å². The number of carbonyl (C=O) groups excluding carboxylic acids is 1. The zero-order chi connectivity index (χ0) is 36.3. The molecule has 2 aliphatic rings. The van der Waals surface area contributed by atoms with Gasteiger partial charge in [-0.3, -0.25) is 4.79 Å². The number of carbonyl (C=O) groups is 1. The number of nitrogens with zero attached hydrogens (tertiary/aromatic N) is 2. The molecule has 12 nitrogen and oxygen atoms in total. The van der Waals surface area contributed by atoms with E-state index in [1.807, 2.05) is 44.2 Å². The van der Waals surface area contributed by atoms with Crippen LogP contribution < -0.4 is 24.7 Å². The van der Waals surface area contributed by atoms with Gasteiger partial charge < -0.3 is 34.7 Å². The second kappa shape index (κ2) is 21.8. The molecule has 13 heteroatoms. The number of nitrogens with two attached hydrogens (primary N) is 1. The van der Waals surface area contributed by atoms with Crippen molar-refractivity contribution < 1.29 is 43.2 Å². The second-order valence-electron chi connectivity index (χ2n) is 10.4. The van der Waals surface area contributed by atoms with Gasteiger partial charge >= 0.3 is 146 Å². The number of benzene rings is 2. The van der Waals surface area contributed by atoms with Gasteiger partial charge in [-0.05, 0) is 38.6 Å². The van der Waals surface area contributed by atoms with Crippen LogP contribution in [0, 0.1) is 0 Å². The number of amides is 1. The number of methoxy groups -OCH3 is 5. The number of phenols is 1. The van der Waals surface area contributed by atoms with Gasteiger partial charge in [0.05, 0.1) is 28.4 Å². The summed E-state index contributed by atoms with van der Waals surface area (Å²) in [6.45, 7) is 5.40. The van der Waals surface area contributed by atoms with E-state index in [4.69, 9.17) is 33.3 Å². The summed E-state index contributed by atoms with van der Waals surface area (Å²) in [5.41, 5.74) is 7.94. The Bertz CT molecular complexity index is 1470. The van der Waals surface area contributed by atoms with Crippen LogP contribution in [-0.4, -0.2) is 103 Å². The summed E-state index contributed by atoms with van der Waals surface area (Å²) in [5, 5.41) is 13.8. The third-order valence-electron chi connectivity index (χ3n) is 7.47. The van der Waals surface area contributed by atoms with Crippen molar-refractivity contribution in [2.75, 3.05) is 60.3 Å². The van der Waals surface area contributed by atoms with Crippen LogP contribution >= 0.6 is 0 Å². The number of hydrogen-bond donors (Lipinski definition) is 2. The minimum atomic E-state index is -0.445. The summed E-state index contributed by atoms with van der Waals surface area (Å²) >= 11 is -0.445. The number of oxime groups is 1. The molecular weight excluding hydrogens is 737 g/mol. The first-order chi connectivity index (χ1) is 23.8. The van der Waals surface area contributed by atoms with Gasteiger partial charge in [0.25, 0.3) is 5.91 Å². The van der Waals surface area contributed by atoms with Crippen molar-refractivity contribution in [2.24, 2.45) is 10.9 Å². The van der Waals surface area contributed by atoms with Crippen molar-refractivity contribution in [2.45, 2.75) is 44.2 Å². The van der Waals surface area contributed by atoms with Crippen LogP contribution in [0.3, 0.4) is 0 Å². The average Bonchev–Trinajstić information content (AvgIpc) is 3.55. The molecule has 0 fully saturated rings. The maximum atomic E-state index is 12.1. The summed E-state index contributed by atoms with van der Waals surface area (Å²) in [6.07, 6.45) is 8.07. The zero-order valence-corrected chi connectivity index (χ0v) is 33.0. The number of aromatic hydroxyl groups is 1. The molecule has 1 heterocycles. The van der Waals surface area contributed by atoms with E-state index in [2.05, 4.69) is 15.8 Å². The zero-order valence-electron chi connectivity index (χ0n) is 30.1. The van der Waals surface area contributed by atoms with E-state index in [0.29, 0.717) is 47.9 Å². The van der Waals surface area contributed by atoms with E-state index in [-0.39, 0.29) is 17.8 Å². The summed E-state index contributed by atoms with van der Waals surface area (Å²) in [5.74, 6) is 3.61. The van der Waals surface area contributed by atoms with Gasteiger partial charge in [-0.1, -0.05) is 6.92 Å². The van der Waals surface area contributed by atoms with Gasteiger partial charge in [-0.25, -0.2) is 0 Å². The van der Waals surface area contributed by atoms with Crippen LogP contribution in [0.1, 0.15) is 55.1 Å². The number of phenolic OH excluding ortho intramolecular Hbond substituents is 1. The van der Waals surface area contributed by atoms with Gasteiger partial charge in [0.15, 0.2) is 11.5 Å². The molecule has 2 aromatic carbocycles. The minimum absolute atomic E-state index is 0.0346. The molecule has 268 valence electrons. The molecule has 0 spiro atoms. The maximum absolute atomic E-state index is 12.1. The molecular formula is C36H51N3O9Sn. The fraction of sp³-hybridized carbons (Fsp3) is 0.444. The molecule has 3 N–H and O–H groups in total. The first kappa shape index (κ1) is 41.1. The van der Waals surface area contributed by atoms with E-state index >= 15 is 0 Å². The Morgan fingerprint density at radius 2 is 1.63 bits per heavy atom. The molecule has 1 atom stereocenters. The fourth-order valence-corrected chi connectivity index (χ4v) is 5.85. The Morgan fingerprint density at radius 3 is 2.18 bits per heavy atom. The Balaban J connectivity index is 0.000000373. The van der Waals surface area contributed by atoms with Crippen molar-refractivity contribution in [1.29, 1.82) is 0 Å². The number of ether oxygens (including phenoxy) is 6. The molecule has 4 rings (SSSR count). The van der Waals surface area contributed by atoms with Crippen LogP contribution in [0.5, 0.6) is 28.7 Å². The standard InChI is InChI=1S/C21H24NO6.C13H19NO3.CH5N.CH3.Sn/c1-23-16-8-6-13(7-9-17(16)24-2)15-12-18(28-22-15)14-10-19(25-3)21(27-5)20(11-14)26-4;1-4-8-14(5-2)13(16)10-6-7-11(15)12(9-10)17-3;1-2;;/h6,8-11,18H,1,7,12H2,2-5H3;6-7,9,15H,4-5,8H2,1-3H3;2H2,1H3;1H3;. The fourth-order valence-electron chi connectivity index (χ4n) is 5.00. The van der Waals surface area contributed by atoms with Crippen molar-refractivity contribution in [3.05, 3.63) is 76.8 Å². The molecule has 1 amide bonds. The number of hydrogen-bond acceptors (Lipinski definition) is 11. The first-order valence-corrected chi connectivity index (χ1v) is 20.9. The van der Waals surface area contributed by atoms with Crippen LogP contribution in [0.2, 0.25) is 4.94 Å². The molecule has 0 aromatic heterocycles. The summed E-state index contributed by atoms with van der Waals surface area (Å²) in [7, 11) is 9.41. The molecule has 1 aliphatic carbocycles. The van der Waals surface area contributed by atoms with E-state index in [1.165, 1.54) is 20.2 Å². The molecule has 0 saturated heterocycles. The van der Waals surface area contributed by atoms with Gasteiger partial charge in [0.1, 0.15) is 0 Å². The van der Waals surface area contributed by atoms with Crippen molar-refractivity contribution in [3.63, 3.8) is 0 Å². The van der Waals surface area contributed by atoms with Crippen LogP contribution in [-0.2, 0) is 14.3 Å². The van der Waals surface area contributed by atoms with Crippen LogP contribution in [0.4, 0.5) is 0 Å². The van der Waals surface area contributed by atoms with Gasteiger partial charge in [0, 0.05) is 18.7 Å². The van der Waals surface area contributed by atoms with Crippen LogP contribution in [0.15, 0.2) is 70.8 Å². The number of allylic oxidation sites excluding steroid dienone is 4. The van der Waals surface area contributed by atoms with Crippen molar-refractivity contribution in [1.82, 2.24) is 4.90 Å². The summed E-state index contributed by atoms with van der Waals surface area (Å²) < 4.78 is 33.5. The molecule has 1 aliphatic heterocycles. The van der Waals surface area contributed by atoms with E-state index in [9.17, 15) is 9.90 Å². The van der Waals surface area contributed by atoms with Gasteiger partial charge in [-0.2, -0.15) is 0 Å². The Kier molecular flexibility index (Phi) is 18.3. The molecule has 2 radical (unpaired) electrons. The molecule has 49 heavy (non-hydrogen) atoms. The van der Waals surface area contributed by atoms with E-state index in [1.54, 1.807) is 45.5 Å². The monoisotopic (exact) mass is 789 g/mol. The normalized spacial score (nSPS) is 14.8. The van der Waals surface area contributed by atoms with E-state index < -0.39 is 21.1 Å². The van der Waals surface area contributed by atoms with Crippen LogP contribution in [0.25, 0.3) is 0 Å².